The molecule has 8 nitrogen and oxygen atoms in total. The van der Waals surface area contributed by atoms with Crippen molar-refractivity contribution >= 4 is 40.8 Å². The molecule has 1 N–H and O–H groups in total. The van der Waals surface area contributed by atoms with Gasteiger partial charge < -0.3 is 10.1 Å². The number of esters is 1. The van der Waals surface area contributed by atoms with E-state index in [4.69, 9.17) is 4.74 Å². The lowest BCUT2D eigenvalue weighted by molar-refractivity contribution is -0.384. The number of carbonyl (C=O) groups is 3. The van der Waals surface area contributed by atoms with E-state index in [1.807, 2.05) is 0 Å². The van der Waals surface area contributed by atoms with Crippen LogP contribution in [0, 0.1) is 17.0 Å². The molecule has 0 aliphatic rings. The Morgan fingerprint density at radius 3 is 2.54 bits per heavy atom. The summed E-state index contributed by atoms with van der Waals surface area (Å²) in [6, 6.07) is 11.0. The van der Waals surface area contributed by atoms with Gasteiger partial charge in [-0.1, -0.05) is 24.3 Å². The Hall–Kier alpha value is -3.20. The van der Waals surface area contributed by atoms with Crippen LogP contribution in [0.3, 0.4) is 0 Å². The summed E-state index contributed by atoms with van der Waals surface area (Å²) < 4.78 is 5.03. The van der Waals surface area contributed by atoms with Gasteiger partial charge in [0.25, 0.3) is 11.6 Å². The maximum absolute atomic E-state index is 12.3. The third-order valence-corrected chi connectivity index (χ3v) is 4.80. The van der Waals surface area contributed by atoms with Crippen molar-refractivity contribution in [2.45, 2.75) is 18.7 Å². The number of amides is 1. The lowest BCUT2D eigenvalue weighted by atomic mass is 10.1. The van der Waals surface area contributed by atoms with Crippen LogP contribution in [0.5, 0.6) is 0 Å². The third kappa shape index (κ3) is 5.65. The average molecular weight is 402 g/mol. The highest BCUT2D eigenvalue weighted by Gasteiger charge is 2.19. The van der Waals surface area contributed by atoms with Crippen molar-refractivity contribution < 1.29 is 24.0 Å². The number of thioether (sulfide) groups is 1. The Kier molecular flexibility index (Phi) is 7.28. The molecule has 0 aliphatic carbocycles. The van der Waals surface area contributed by atoms with Gasteiger partial charge in [0.1, 0.15) is 11.5 Å². The van der Waals surface area contributed by atoms with Crippen molar-refractivity contribution in [3.63, 3.8) is 0 Å². The van der Waals surface area contributed by atoms with E-state index in [-0.39, 0.29) is 28.5 Å². The summed E-state index contributed by atoms with van der Waals surface area (Å²) in [5.41, 5.74) is 0.569. The van der Waals surface area contributed by atoms with Crippen molar-refractivity contribution in [2.75, 3.05) is 17.7 Å². The van der Waals surface area contributed by atoms with E-state index in [1.54, 1.807) is 31.2 Å². The van der Waals surface area contributed by atoms with E-state index in [0.29, 0.717) is 10.5 Å². The van der Waals surface area contributed by atoms with Crippen molar-refractivity contribution in [2.24, 2.45) is 0 Å². The number of aryl methyl sites for hydroxylation is 1. The SMILES string of the molecule is CC(=O)CSc1ccccc1C(=O)OCC(=O)Nc1c(C)cccc1[N+](=O)[O-]. The van der Waals surface area contributed by atoms with Gasteiger partial charge in [-0.05, 0) is 31.5 Å². The summed E-state index contributed by atoms with van der Waals surface area (Å²) in [5, 5.41) is 13.5. The fourth-order valence-electron chi connectivity index (χ4n) is 2.29. The zero-order chi connectivity index (χ0) is 20.7. The molecule has 0 aromatic heterocycles. The lowest BCUT2D eigenvalue weighted by Gasteiger charge is -2.10. The normalized spacial score (nSPS) is 10.2. The highest BCUT2D eigenvalue weighted by atomic mass is 32.2. The molecule has 0 heterocycles. The van der Waals surface area contributed by atoms with Gasteiger partial charge >= 0.3 is 5.97 Å². The van der Waals surface area contributed by atoms with Crippen LogP contribution in [0.15, 0.2) is 47.4 Å². The van der Waals surface area contributed by atoms with Crippen LogP contribution >= 0.6 is 11.8 Å². The molecule has 1 amide bonds. The minimum atomic E-state index is -0.721. The minimum absolute atomic E-state index is 0.0348. The van der Waals surface area contributed by atoms with Crippen LogP contribution < -0.4 is 5.32 Å². The monoisotopic (exact) mass is 402 g/mol. The van der Waals surface area contributed by atoms with E-state index < -0.39 is 23.4 Å². The molecular formula is C19H18N2O6S. The molecule has 2 aromatic rings. The maximum Gasteiger partial charge on any atom is 0.339 e. The standard InChI is InChI=1S/C19H18N2O6S/c1-12-6-5-8-15(21(25)26)18(12)20-17(23)10-27-19(24)14-7-3-4-9-16(14)28-11-13(2)22/h3-9H,10-11H2,1-2H3,(H,20,23). The quantitative estimate of drug-likeness (QED) is 0.311. The first-order valence-electron chi connectivity index (χ1n) is 8.22. The number of nitro benzene ring substituents is 1. The number of Topliss-reactive ketones (excluding diaryl/α,β-unsaturated/α-hetero) is 1. The van der Waals surface area contributed by atoms with Crippen LogP contribution in [-0.4, -0.2) is 34.9 Å². The summed E-state index contributed by atoms with van der Waals surface area (Å²) >= 11 is 1.20. The number of para-hydroxylation sites is 1. The Bertz CT molecular complexity index is 928. The van der Waals surface area contributed by atoms with Gasteiger partial charge in [-0.15, -0.1) is 11.8 Å². The first kappa shape index (κ1) is 21.1. The third-order valence-electron chi connectivity index (χ3n) is 3.58. The number of benzene rings is 2. The number of nitrogens with one attached hydrogen (secondary N) is 1. The molecule has 0 saturated carbocycles. The van der Waals surface area contributed by atoms with Crippen molar-refractivity contribution in [3.05, 3.63) is 63.7 Å². The summed E-state index contributed by atoms with van der Waals surface area (Å²) in [4.78, 5) is 46.6. The molecule has 28 heavy (non-hydrogen) atoms. The molecule has 9 heteroatoms. The Labute approximate surface area is 165 Å². The molecule has 2 aromatic carbocycles. The van der Waals surface area contributed by atoms with E-state index >= 15 is 0 Å². The number of rotatable bonds is 8. The van der Waals surface area contributed by atoms with Crippen molar-refractivity contribution in [1.29, 1.82) is 0 Å². The van der Waals surface area contributed by atoms with E-state index in [9.17, 15) is 24.5 Å². The van der Waals surface area contributed by atoms with E-state index in [1.165, 1.54) is 36.9 Å². The second-order valence-corrected chi connectivity index (χ2v) is 6.85. The van der Waals surface area contributed by atoms with Crippen LogP contribution in [0.4, 0.5) is 11.4 Å². The molecule has 0 spiro atoms. The van der Waals surface area contributed by atoms with E-state index in [2.05, 4.69) is 5.32 Å². The predicted molar refractivity (Wildman–Crippen MR) is 105 cm³/mol. The summed E-state index contributed by atoms with van der Waals surface area (Å²) in [7, 11) is 0. The van der Waals surface area contributed by atoms with E-state index in [0.717, 1.165) is 0 Å². The molecule has 0 atom stereocenters. The minimum Gasteiger partial charge on any atom is -0.452 e. The molecule has 0 aliphatic heterocycles. The molecule has 0 radical (unpaired) electrons. The number of hydrogen-bond acceptors (Lipinski definition) is 7. The number of anilines is 1. The smallest absolute Gasteiger partial charge is 0.339 e. The molecule has 0 saturated heterocycles. The van der Waals surface area contributed by atoms with Crippen LogP contribution in [0.25, 0.3) is 0 Å². The number of hydrogen-bond donors (Lipinski definition) is 1. The largest absolute Gasteiger partial charge is 0.452 e. The molecule has 0 bridgehead atoms. The number of ketones is 1. The molecule has 2 rings (SSSR count). The van der Waals surface area contributed by atoms with Gasteiger partial charge in [-0.2, -0.15) is 0 Å². The van der Waals surface area contributed by atoms with Crippen molar-refractivity contribution in [3.8, 4) is 0 Å². The average Bonchev–Trinajstić information content (AvgIpc) is 2.66. The summed E-state index contributed by atoms with van der Waals surface area (Å²) in [6.45, 7) is 2.47. The zero-order valence-electron chi connectivity index (χ0n) is 15.3. The van der Waals surface area contributed by atoms with Gasteiger partial charge in [0.2, 0.25) is 0 Å². The van der Waals surface area contributed by atoms with Crippen LogP contribution in [-0.2, 0) is 14.3 Å². The maximum atomic E-state index is 12.3. The lowest BCUT2D eigenvalue weighted by Crippen LogP contribution is -2.22. The van der Waals surface area contributed by atoms with Crippen LogP contribution in [0.1, 0.15) is 22.8 Å². The molecular weight excluding hydrogens is 384 g/mol. The van der Waals surface area contributed by atoms with Gasteiger partial charge in [0.15, 0.2) is 6.61 Å². The van der Waals surface area contributed by atoms with Gasteiger partial charge in [-0.25, -0.2) is 4.79 Å². The second-order valence-electron chi connectivity index (χ2n) is 5.84. The van der Waals surface area contributed by atoms with Gasteiger partial charge in [-0.3, -0.25) is 19.7 Å². The van der Waals surface area contributed by atoms with Gasteiger partial charge in [0, 0.05) is 11.0 Å². The number of nitrogens with zero attached hydrogens (tertiary/aromatic N) is 1. The fourth-order valence-corrected chi connectivity index (χ4v) is 3.13. The second kappa shape index (κ2) is 9.65. The predicted octanol–water partition coefficient (Wildman–Crippen LogP) is 3.38. The Morgan fingerprint density at radius 2 is 1.86 bits per heavy atom. The molecule has 0 unspecified atom stereocenters. The highest BCUT2D eigenvalue weighted by molar-refractivity contribution is 8.00. The fraction of sp³-hybridized carbons (Fsp3) is 0.211. The summed E-state index contributed by atoms with van der Waals surface area (Å²) in [6.07, 6.45) is 0. The first-order chi connectivity index (χ1) is 13.3. The summed E-state index contributed by atoms with van der Waals surface area (Å²) in [5.74, 6) is -1.24. The zero-order valence-corrected chi connectivity index (χ0v) is 16.1. The topological polar surface area (TPSA) is 116 Å². The Morgan fingerprint density at radius 1 is 1.14 bits per heavy atom. The number of ether oxygens (including phenoxy) is 1. The number of carbonyl (C=O) groups excluding carboxylic acids is 3. The number of nitro groups is 1. The molecule has 146 valence electrons. The highest BCUT2D eigenvalue weighted by Crippen LogP contribution is 2.27. The van der Waals surface area contributed by atoms with Gasteiger partial charge in [0.05, 0.1) is 16.2 Å². The first-order valence-corrected chi connectivity index (χ1v) is 9.20. The van der Waals surface area contributed by atoms with Crippen LogP contribution in [0.2, 0.25) is 0 Å². The van der Waals surface area contributed by atoms with Crippen molar-refractivity contribution in [1.82, 2.24) is 0 Å². The molecule has 0 fully saturated rings. The Balaban J connectivity index is 2.04.